The predicted octanol–water partition coefficient (Wildman–Crippen LogP) is 3.36. The van der Waals surface area contributed by atoms with Crippen molar-refractivity contribution in [3.63, 3.8) is 0 Å². The summed E-state index contributed by atoms with van der Waals surface area (Å²) in [6.07, 6.45) is 9.34. The Kier molecular flexibility index (Phi) is 5.98. The van der Waals surface area contributed by atoms with E-state index in [1.54, 1.807) is 15.4 Å². The highest BCUT2D eigenvalue weighted by molar-refractivity contribution is 5.90. The van der Waals surface area contributed by atoms with Crippen molar-refractivity contribution in [1.29, 1.82) is 5.26 Å². The van der Waals surface area contributed by atoms with Crippen LogP contribution in [0, 0.1) is 11.3 Å². The topological polar surface area (TPSA) is 117 Å². The molecule has 38 heavy (non-hydrogen) atoms. The Balaban J connectivity index is 1.29. The number of anilines is 2. The normalized spacial score (nSPS) is 16.1. The van der Waals surface area contributed by atoms with Crippen LogP contribution in [0.3, 0.4) is 0 Å². The Bertz CT molecular complexity index is 1630. The summed E-state index contributed by atoms with van der Waals surface area (Å²) in [5.41, 5.74) is 11.8. The van der Waals surface area contributed by atoms with Crippen LogP contribution in [0.15, 0.2) is 67.4 Å². The lowest BCUT2D eigenvalue weighted by Gasteiger charge is -2.40. The first-order valence-electron chi connectivity index (χ1n) is 12.6. The van der Waals surface area contributed by atoms with Crippen molar-refractivity contribution < 1.29 is 0 Å². The number of hydrogen-bond donors (Lipinski definition) is 1. The summed E-state index contributed by atoms with van der Waals surface area (Å²) in [7, 11) is 1.88. The molecule has 6 rings (SSSR count). The van der Waals surface area contributed by atoms with E-state index in [-0.39, 0.29) is 5.82 Å². The third kappa shape index (κ3) is 4.33. The Labute approximate surface area is 220 Å². The molecule has 6 heterocycles. The number of hydrogen-bond acceptors (Lipinski definition) is 8. The van der Waals surface area contributed by atoms with Crippen molar-refractivity contribution in [1.82, 2.24) is 34.3 Å². The fourth-order valence-corrected chi connectivity index (χ4v) is 5.13. The third-order valence-electron chi connectivity index (χ3n) is 7.14. The van der Waals surface area contributed by atoms with E-state index in [9.17, 15) is 5.26 Å². The predicted molar refractivity (Wildman–Crippen MR) is 146 cm³/mol. The van der Waals surface area contributed by atoms with Crippen molar-refractivity contribution in [3.05, 3.63) is 78.6 Å². The average Bonchev–Trinajstić information content (AvgIpc) is 3.51. The molecule has 1 saturated heterocycles. The minimum absolute atomic E-state index is 0.208. The number of nitrogen functional groups attached to an aromatic ring is 1. The smallest absolute Gasteiger partial charge is 0.164 e. The van der Waals surface area contributed by atoms with E-state index in [0.29, 0.717) is 17.1 Å². The fourth-order valence-electron chi connectivity index (χ4n) is 5.13. The maximum atomic E-state index is 9.79. The van der Waals surface area contributed by atoms with E-state index >= 15 is 0 Å². The lowest BCUT2D eigenvalue weighted by atomic mass is 10.0. The minimum Gasteiger partial charge on any atom is -0.381 e. The first kappa shape index (κ1) is 23.6. The summed E-state index contributed by atoms with van der Waals surface area (Å²) in [6.45, 7) is 5.81. The molecule has 1 aliphatic rings. The highest BCUT2D eigenvalue weighted by atomic mass is 15.3. The van der Waals surface area contributed by atoms with Gasteiger partial charge >= 0.3 is 0 Å². The van der Waals surface area contributed by atoms with Gasteiger partial charge in [0.05, 0.1) is 17.4 Å². The fraction of sp³-hybridized carbons (Fsp3) is 0.250. The van der Waals surface area contributed by atoms with Gasteiger partial charge in [-0.05, 0) is 37.3 Å². The van der Waals surface area contributed by atoms with Crippen LogP contribution < -0.4 is 10.6 Å². The monoisotopic (exact) mass is 504 g/mol. The molecule has 0 spiro atoms. The van der Waals surface area contributed by atoms with Crippen molar-refractivity contribution in [2.45, 2.75) is 19.5 Å². The van der Waals surface area contributed by atoms with Gasteiger partial charge in [-0.25, -0.2) is 9.50 Å². The molecular weight excluding hydrogens is 476 g/mol. The Morgan fingerprint density at radius 1 is 1.05 bits per heavy atom. The first-order valence-corrected chi connectivity index (χ1v) is 12.6. The second-order valence-electron chi connectivity index (χ2n) is 9.70. The Morgan fingerprint density at radius 2 is 1.95 bits per heavy atom. The Morgan fingerprint density at radius 3 is 2.63 bits per heavy atom. The first-order chi connectivity index (χ1) is 18.5. The number of nitriles is 1. The largest absolute Gasteiger partial charge is 0.381 e. The summed E-state index contributed by atoms with van der Waals surface area (Å²) in [5, 5.41) is 18.5. The molecule has 1 atom stereocenters. The SMILES string of the molecule is CC1CN(c2ccc(-c3cc(-c4cnn(C)c4)cn4nc(N)c(C#N)c34)cn2)CCN1Cc1ccccn1. The maximum Gasteiger partial charge on any atom is 0.164 e. The number of pyridine rings is 3. The van der Waals surface area contributed by atoms with Crippen LogP contribution in [0.2, 0.25) is 0 Å². The number of rotatable bonds is 5. The molecule has 10 heteroatoms. The molecule has 10 nitrogen and oxygen atoms in total. The molecule has 0 radical (unpaired) electrons. The second kappa shape index (κ2) is 9.61. The molecule has 2 N–H and O–H groups in total. The van der Waals surface area contributed by atoms with Crippen LogP contribution in [0.4, 0.5) is 11.6 Å². The van der Waals surface area contributed by atoms with Gasteiger partial charge in [0.15, 0.2) is 5.82 Å². The summed E-state index contributed by atoms with van der Waals surface area (Å²) in [4.78, 5) is 14.1. The van der Waals surface area contributed by atoms with Crippen LogP contribution in [0.1, 0.15) is 18.2 Å². The van der Waals surface area contributed by atoms with Crippen LogP contribution in [0.25, 0.3) is 27.8 Å². The minimum atomic E-state index is 0.208. The standard InChI is InChI=1S/C28H28N10/c1-19-15-37(10-9-36(19)18-23-5-3-4-8-31-23)26-7-6-20(13-32-26)24-11-21(22-14-33-35(2)16-22)17-38-27(24)25(12-29)28(30)34-38/h3-8,11,13-14,16-17,19H,9-10,15,18H2,1-2H3,(H2,30,34). The lowest BCUT2D eigenvalue weighted by Crippen LogP contribution is -2.51. The third-order valence-corrected chi connectivity index (χ3v) is 7.14. The van der Waals surface area contributed by atoms with Crippen LogP contribution in [-0.4, -0.2) is 59.9 Å². The molecule has 5 aromatic rings. The maximum absolute atomic E-state index is 9.79. The molecule has 1 unspecified atom stereocenters. The van der Waals surface area contributed by atoms with Gasteiger partial charge in [0.25, 0.3) is 0 Å². The van der Waals surface area contributed by atoms with Crippen molar-refractivity contribution in [3.8, 4) is 28.3 Å². The van der Waals surface area contributed by atoms with Crippen LogP contribution >= 0.6 is 0 Å². The summed E-state index contributed by atoms with van der Waals surface area (Å²) in [6, 6.07) is 14.8. The van der Waals surface area contributed by atoms with E-state index in [2.05, 4.69) is 56.2 Å². The molecule has 5 aromatic heterocycles. The van der Waals surface area contributed by atoms with E-state index in [1.165, 1.54) is 0 Å². The van der Waals surface area contributed by atoms with E-state index < -0.39 is 0 Å². The zero-order valence-electron chi connectivity index (χ0n) is 21.4. The molecular formula is C28H28N10. The average molecular weight is 505 g/mol. The number of aromatic nitrogens is 6. The van der Waals surface area contributed by atoms with E-state index in [0.717, 1.165) is 59.9 Å². The van der Waals surface area contributed by atoms with Crippen molar-refractivity contribution >= 4 is 17.2 Å². The highest BCUT2D eigenvalue weighted by Crippen LogP contribution is 2.34. The second-order valence-corrected chi connectivity index (χ2v) is 9.70. The van der Waals surface area contributed by atoms with Crippen molar-refractivity contribution in [2.24, 2.45) is 7.05 Å². The van der Waals surface area contributed by atoms with Gasteiger partial charge in [0, 0.05) is 86.3 Å². The van der Waals surface area contributed by atoms with E-state index in [4.69, 9.17) is 10.7 Å². The summed E-state index contributed by atoms with van der Waals surface area (Å²) in [5.74, 6) is 1.14. The zero-order valence-corrected chi connectivity index (χ0v) is 21.4. The van der Waals surface area contributed by atoms with Gasteiger partial charge in [0.1, 0.15) is 17.5 Å². The van der Waals surface area contributed by atoms with Gasteiger partial charge in [0.2, 0.25) is 0 Å². The number of fused-ring (bicyclic) bond motifs is 1. The molecule has 0 aliphatic carbocycles. The number of piperazine rings is 1. The Hall–Kier alpha value is -4.75. The molecule has 0 amide bonds. The molecule has 0 saturated carbocycles. The lowest BCUT2D eigenvalue weighted by molar-refractivity contribution is 0.178. The van der Waals surface area contributed by atoms with Gasteiger partial charge in [-0.1, -0.05) is 6.07 Å². The van der Waals surface area contributed by atoms with Gasteiger partial charge < -0.3 is 10.6 Å². The molecule has 190 valence electrons. The molecule has 0 aromatic carbocycles. The van der Waals surface area contributed by atoms with Gasteiger partial charge in [-0.3, -0.25) is 14.6 Å². The van der Waals surface area contributed by atoms with Crippen molar-refractivity contribution in [2.75, 3.05) is 30.3 Å². The van der Waals surface area contributed by atoms with Gasteiger partial charge in [-0.2, -0.15) is 10.4 Å². The number of nitrogens with zero attached hydrogens (tertiary/aromatic N) is 9. The zero-order chi connectivity index (χ0) is 26.2. The highest BCUT2D eigenvalue weighted by Gasteiger charge is 2.25. The quantitative estimate of drug-likeness (QED) is 0.387. The van der Waals surface area contributed by atoms with E-state index in [1.807, 2.05) is 50.0 Å². The molecule has 1 fully saturated rings. The summed E-state index contributed by atoms with van der Waals surface area (Å²) >= 11 is 0. The van der Waals surface area contributed by atoms with Gasteiger partial charge in [-0.15, -0.1) is 5.10 Å². The molecule has 0 bridgehead atoms. The van der Waals surface area contributed by atoms with Crippen LogP contribution in [-0.2, 0) is 13.6 Å². The number of aryl methyl sites for hydroxylation is 1. The van der Waals surface area contributed by atoms with Crippen LogP contribution in [0.5, 0.6) is 0 Å². The molecule has 1 aliphatic heterocycles. The number of nitrogens with two attached hydrogens (primary N) is 1. The summed E-state index contributed by atoms with van der Waals surface area (Å²) < 4.78 is 3.44.